The summed E-state index contributed by atoms with van der Waals surface area (Å²) >= 11 is 0. The first-order chi connectivity index (χ1) is 12.8. The van der Waals surface area contributed by atoms with E-state index >= 15 is 0 Å². The summed E-state index contributed by atoms with van der Waals surface area (Å²) in [6, 6.07) is 5.95. The summed E-state index contributed by atoms with van der Waals surface area (Å²) in [6.07, 6.45) is 2.68. The highest BCUT2D eigenvalue weighted by Crippen LogP contribution is 2.17. The molecular formula is C16H22N8O2. The number of carbonyl (C=O) groups is 1. The molecule has 2 fully saturated rings. The second kappa shape index (κ2) is 7.65. The van der Waals surface area contributed by atoms with E-state index in [0.717, 1.165) is 38.4 Å². The van der Waals surface area contributed by atoms with Gasteiger partial charge in [0.05, 0.1) is 13.2 Å². The van der Waals surface area contributed by atoms with Crippen LogP contribution in [0.3, 0.4) is 0 Å². The van der Waals surface area contributed by atoms with Crippen LogP contribution in [0.2, 0.25) is 0 Å². The van der Waals surface area contributed by atoms with Crippen molar-refractivity contribution in [3.8, 4) is 0 Å². The van der Waals surface area contributed by atoms with Gasteiger partial charge in [-0.05, 0) is 23.8 Å². The number of tetrazole rings is 1. The van der Waals surface area contributed by atoms with Gasteiger partial charge in [-0.1, -0.05) is 11.2 Å². The van der Waals surface area contributed by atoms with Crippen LogP contribution in [-0.2, 0) is 16.1 Å². The van der Waals surface area contributed by atoms with Crippen LogP contribution >= 0.6 is 0 Å². The number of amides is 1. The van der Waals surface area contributed by atoms with E-state index in [1.54, 1.807) is 6.20 Å². The van der Waals surface area contributed by atoms with Crippen LogP contribution in [-0.4, -0.2) is 76.5 Å². The molecule has 0 aliphatic carbocycles. The molecule has 138 valence electrons. The average Bonchev–Trinajstić information content (AvgIpc) is 3.33. The first-order valence-corrected chi connectivity index (χ1v) is 8.84. The van der Waals surface area contributed by atoms with Gasteiger partial charge in [0.25, 0.3) is 5.95 Å². The summed E-state index contributed by atoms with van der Waals surface area (Å²) in [5.41, 5.74) is 0. The minimum absolute atomic E-state index is 0.0669. The fraction of sp³-hybridized carbons (Fsp3) is 0.562. The number of hydrogen-bond donors (Lipinski definition) is 1. The summed E-state index contributed by atoms with van der Waals surface area (Å²) < 4.78 is 5.31. The molecule has 10 nitrogen and oxygen atoms in total. The molecule has 2 saturated heterocycles. The molecule has 4 rings (SSSR count). The highest BCUT2D eigenvalue weighted by molar-refractivity contribution is 5.76. The SMILES string of the molecule is O=C(Cn1nnc(N2CCOCC2)n1)NC1CCN(c2ccccn2)C1. The topological polar surface area (TPSA) is 101 Å². The van der Waals surface area contributed by atoms with Crippen molar-refractivity contribution in [2.45, 2.75) is 19.0 Å². The largest absolute Gasteiger partial charge is 0.378 e. The molecule has 2 aromatic rings. The van der Waals surface area contributed by atoms with Crippen LogP contribution in [0.1, 0.15) is 6.42 Å². The summed E-state index contributed by atoms with van der Waals surface area (Å²) in [7, 11) is 0. The zero-order chi connectivity index (χ0) is 17.8. The molecule has 0 saturated carbocycles. The molecule has 0 aromatic carbocycles. The molecule has 1 atom stereocenters. The molecule has 1 N–H and O–H groups in total. The van der Waals surface area contributed by atoms with Crippen molar-refractivity contribution in [2.24, 2.45) is 0 Å². The summed E-state index contributed by atoms with van der Waals surface area (Å²) in [5, 5.41) is 15.4. The molecular weight excluding hydrogens is 336 g/mol. The van der Waals surface area contributed by atoms with E-state index in [2.05, 4.69) is 30.6 Å². The van der Waals surface area contributed by atoms with Gasteiger partial charge in [-0.15, -0.1) is 5.10 Å². The van der Waals surface area contributed by atoms with E-state index in [-0.39, 0.29) is 18.5 Å². The van der Waals surface area contributed by atoms with Crippen molar-refractivity contribution in [3.63, 3.8) is 0 Å². The molecule has 2 aliphatic heterocycles. The van der Waals surface area contributed by atoms with Crippen molar-refractivity contribution in [2.75, 3.05) is 49.2 Å². The lowest BCUT2D eigenvalue weighted by atomic mass is 10.2. The van der Waals surface area contributed by atoms with Crippen molar-refractivity contribution in [1.82, 2.24) is 30.5 Å². The number of carbonyl (C=O) groups excluding carboxylic acids is 1. The summed E-state index contributed by atoms with van der Waals surface area (Å²) in [6.45, 7) is 4.49. The molecule has 1 amide bonds. The zero-order valence-electron chi connectivity index (χ0n) is 14.5. The number of hydrogen-bond acceptors (Lipinski definition) is 8. The lowest BCUT2D eigenvalue weighted by Crippen LogP contribution is -2.39. The van der Waals surface area contributed by atoms with Crippen LogP contribution in [0.15, 0.2) is 24.4 Å². The molecule has 0 bridgehead atoms. The molecule has 10 heteroatoms. The quantitative estimate of drug-likeness (QED) is 0.749. The normalized spacial score (nSPS) is 20.4. The first-order valence-electron chi connectivity index (χ1n) is 8.84. The standard InChI is InChI=1S/C16H22N8O2/c25-15(12-24-20-16(19-21-24)22-7-9-26-10-8-22)18-13-4-6-23(11-13)14-3-1-2-5-17-14/h1-3,5,13H,4,6-12H2,(H,18,25). The highest BCUT2D eigenvalue weighted by Gasteiger charge is 2.25. The van der Waals surface area contributed by atoms with E-state index < -0.39 is 0 Å². The fourth-order valence-electron chi connectivity index (χ4n) is 3.22. The molecule has 26 heavy (non-hydrogen) atoms. The fourth-order valence-corrected chi connectivity index (χ4v) is 3.22. The number of morpholine rings is 1. The Morgan fingerprint density at radius 3 is 2.92 bits per heavy atom. The Balaban J connectivity index is 1.27. The molecule has 2 aromatic heterocycles. The van der Waals surface area contributed by atoms with Crippen molar-refractivity contribution >= 4 is 17.7 Å². The van der Waals surface area contributed by atoms with Gasteiger partial charge in [0, 0.05) is 38.4 Å². The lowest BCUT2D eigenvalue weighted by molar-refractivity contribution is -0.122. The number of anilines is 2. The van der Waals surface area contributed by atoms with Crippen LogP contribution in [0, 0.1) is 0 Å². The molecule has 4 heterocycles. The van der Waals surface area contributed by atoms with Gasteiger partial charge in [0.2, 0.25) is 5.91 Å². The van der Waals surface area contributed by atoms with E-state index in [1.165, 1.54) is 4.80 Å². The molecule has 1 unspecified atom stereocenters. The van der Waals surface area contributed by atoms with Crippen molar-refractivity contribution in [1.29, 1.82) is 0 Å². The van der Waals surface area contributed by atoms with E-state index in [9.17, 15) is 4.79 Å². The number of rotatable bonds is 5. The Morgan fingerprint density at radius 2 is 2.12 bits per heavy atom. The van der Waals surface area contributed by atoms with Crippen LogP contribution in [0.25, 0.3) is 0 Å². The predicted octanol–water partition coefficient (Wildman–Crippen LogP) is -0.700. The van der Waals surface area contributed by atoms with Crippen LogP contribution in [0.5, 0.6) is 0 Å². The summed E-state index contributed by atoms with van der Waals surface area (Å²) in [5.74, 6) is 1.38. The Labute approximate surface area is 151 Å². The van der Waals surface area contributed by atoms with Gasteiger partial charge in [-0.25, -0.2) is 4.98 Å². The van der Waals surface area contributed by atoms with Crippen LogP contribution in [0.4, 0.5) is 11.8 Å². The van der Waals surface area contributed by atoms with Gasteiger partial charge < -0.3 is 19.9 Å². The predicted molar refractivity (Wildman–Crippen MR) is 93.8 cm³/mol. The second-order valence-electron chi connectivity index (χ2n) is 6.41. The lowest BCUT2D eigenvalue weighted by Gasteiger charge is -2.24. The van der Waals surface area contributed by atoms with Gasteiger partial charge in [0.15, 0.2) is 0 Å². The Morgan fingerprint density at radius 1 is 1.23 bits per heavy atom. The number of pyridine rings is 1. The van der Waals surface area contributed by atoms with E-state index in [4.69, 9.17) is 4.74 Å². The molecule has 2 aliphatic rings. The van der Waals surface area contributed by atoms with Gasteiger partial charge in [-0.2, -0.15) is 4.80 Å². The maximum Gasteiger partial charge on any atom is 0.266 e. The van der Waals surface area contributed by atoms with Crippen molar-refractivity contribution < 1.29 is 9.53 Å². The third kappa shape index (κ3) is 3.90. The highest BCUT2D eigenvalue weighted by atomic mass is 16.5. The average molecular weight is 358 g/mol. The maximum atomic E-state index is 12.3. The number of aromatic nitrogens is 5. The van der Waals surface area contributed by atoms with Gasteiger partial charge in [-0.3, -0.25) is 4.79 Å². The minimum atomic E-state index is -0.108. The van der Waals surface area contributed by atoms with Crippen molar-refractivity contribution in [3.05, 3.63) is 24.4 Å². The maximum absolute atomic E-state index is 12.3. The Kier molecular flexibility index (Phi) is 4.91. The summed E-state index contributed by atoms with van der Waals surface area (Å²) in [4.78, 5) is 22.2. The second-order valence-corrected chi connectivity index (χ2v) is 6.41. The van der Waals surface area contributed by atoms with Gasteiger partial charge in [0.1, 0.15) is 12.4 Å². The molecule has 0 spiro atoms. The third-order valence-electron chi connectivity index (χ3n) is 4.55. The monoisotopic (exact) mass is 358 g/mol. The van der Waals surface area contributed by atoms with E-state index in [0.29, 0.717) is 19.2 Å². The Hall–Kier alpha value is -2.75. The van der Waals surface area contributed by atoms with E-state index in [1.807, 2.05) is 23.1 Å². The number of nitrogens with zero attached hydrogens (tertiary/aromatic N) is 7. The third-order valence-corrected chi connectivity index (χ3v) is 4.55. The number of ether oxygens (including phenoxy) is 1. The minimum Gasteiger partial charge on any atom is -0.378 e. The van der Waals surface area contributed by atoms with Gasteiger partial charge >= 0.3 is 0 Å². The van der Waals surface area contributed by atoms with Crippen LogP contribution < -0.4 is 15.1 Å². The molecule has 0 radical (unpaired) electrons. The smallest absolute Gasteiger partial charge is 0.266 e. The first kappa shape index (κ1) is 16.7. The Bertz CT molecular complexity index is 731. The zero-order valence-corrected chi connectivity index (χ0v) is 14.5. The number of nitrogens with one attached hydrogen (secondary N) is 1.